The number of methoxy groups -OCH3 is 1. The fraction of sp³-hybridized carbons (Fsp3) is 0.417. The molecule has 18 nitrogen and oxygen atoms in total. The van der Waals surface area contributed by atoms with Crippen LogP contribution in [0.5, 0.6) is 0 Å². The number of aliphatic hydroxyl groups excluding tert-OH is 1. The van der Waals surface area contributed by atoms with Gasteiger partial charge in [0.2, 0.25) is 11.8 Å². The van der Waals surface area contributed by atoms with Gasteiger partial charge in [0.15, 0.2) is 9.84 Å². The smallest absolute Gasteiger partial charge is 0.419 e. The molecule has 0 radical (unpaired) electrons. The van der Waals surface area contributed by atoms with Gasteiger partial charge in [-0.3, -0.25) is 18.7 Å². The van der Waals surface area contributed by atoms with Crippen LogP contribution in [0, 0.1) is 5.92 Å². The van der Waals surface area contributed by atoms with E-state index in [2.05, 4.69) is 16.0 Å². The van der Waals surface area contributed by atoms with E-state index < -0.39 is 105 Å². The minimum atomic E-state index is -4.00. The summed E-state index contributed by atoms with van der Waals surface area (Å²) in [7, 11) is -2.86. The summed E-state index contributed by atoms with van der Waals surface area (Å²) in [6.45, 7) is 10.2. The lowest BCUT2D eigenvalue weighted by atomic mass is 9.93. The third-order valence-corrected chi connectivity index (χ3v) is 12.6. The van der Waals surface area contributed by atoms with Gasteiger partial charge in [-0.15, -0.1) is 0 Å². The van der Waals surface area contributed by atoms with Crippen LogP contribution in [-0.2, 0) is 62.6 Å². The summed E-state index contributed by atoms with van der Waals surface area (Å²) >= 11 is 0. The van der Waals surface area contributed by atoms with Gasteiger partial charge in [0.25, 0.3) is 0 Å². The molecule has 0 unspecified atom stereocenters. The minimum Gasteiger partial charge on any atom is -0.467 e. The van der Waals surface area contributed by atoms with Crippen molar-refractivity contribution in [3.05, 3.63) is 108 Å². The number of aliphatic hydroxyl groups is 1. The van der Waals surface area contributed by atoms with Crippen LogP contribution in [-0.4, -0.2) is 113 Å². The molecule has 3 heterocycles. The number of nitrogens with one attached hydrogen (secondary N) is 3. The average molecular weight is 944 g/mol. The Kier molecular flexibility index (Phi) is 15.1. The SMILES string of the molecule is COC(=O)[C@H](Cc1cn(C(=O)OC(C)(C)C)c2ccccc12)NC(=O)C[C@H]1CS(=O)(=O)C[C@@H](NC(=O)[C@H](Cc2cn(C(=O)OC(C)(C)C)c3ccccc23)NC(=O)OCc2ccccc2)[C@H]1O. The zero-order valence-electron chi connectivity index (χ0n) is 38.4. The van der Waals surface area contributed by atoms with Crippen molar-refractivity contribution >= 4 is 67.7 Å². The van der Waals surface area contributed by atoms with E-state index in [-0.39, 0.29) is 19.4 Å². The number of sulfone groups is 1. The van der Waals surface area contributed by atoms with Crippen molar-refractivity contribution in [2.45, 2.75) is 103 Å². The Morgan fingerprint density at radius 3 is 1.75 bits per heavy atom. The maximum absolute atomic E-state index is 14.3. The Hall–Kier alpha value is -6.73. The Labute approximate surface area is 388 Å². The molecule has 4 N–H and O–H groups in total. The van der Waals surface area contributed by atoms with E-state index in [1.54, 1.807) is 120 Å². The number of aromatic nitrogens is 2. The highest BCUT2D eigenvalue weighted by Crippen LogP contribution is 2.28. The largest absolute Gasteiger partial charge is 0.467 e. The quantitative estimate of drug-likeness (QED) is 0.0880. The van der Waals surface area contributed by atoms with Crippen LogP contribution in [0.15, 0.2) is 91.3 Å². The number of esters is 1. The second-order valence-corrected chi connectivity index (χ2v) is 20.7. The summed E-state index contributed by atoms with van der Waals surface area (Å²) < 4.78 is 51.0. The summed E-state index contributed by atoms with van der Waals surface area (Å²) in [6, 6.07) is 18.5. The molecule has 1 aliphatic rings. The van der Waals surface area contributed by atoms with Gasteiger partial charge >= 0.3 is 24.2 Å². The first-order valence-corrected chi connectivity index (χ1v) is 23.5. The highest BCUT2D eigenvalue weighted by molar-refractivity contribution is 7.91. The van der Waals surface area contributed by atoms with Gasteiger partial charge in [0.05, 0.1) is 41.8 Å². The van der Waals surface area contributed by atoms with Crippen molar-refractivity contribution in [2.75, 3.05) is 18.6 Å². The predicted molar refractivity (Wildman–Crippen MR) is 247 cm³/mol. The van der Waals surface area contributed by atoms with Crippen molar-refractivity contribution < 1.29 is 61.2 Å². The standard InChI is InChI=1S/C48H57N5O13S/c1-47(2,3)65-45(59)52-24-30(33-17-11-13-19-38(33)52)21-35(51-44(58)64-26-29-15-9-8-10-16-29)42(56)50-37-28-67(61,62)27-32(41(37)55)23-40(54)49-36(43(57)63-7)22-31-25-53(46(60)66-48(4,5)6)39-20-14-12-18-34(31)39/h8-20,24-25,32,35-37,41,55H,21-23,26-28H2,1-7H3,(H,49,54)(H,50,56)(H,51,58)/t32-,35-,36-,37+,41-/m0/s1. The molecule has 6 rings (SSSR count). The summed E-state index contributed by atoms with van der Waals surface area (Å²) in [5.74, 6) is -5.04. The molecular weight excluding hydrogens is 887 g/mol. The van der Waals surface area contributed by atoms with Crippen molar-refractivity contribution in [1.29, 1.82) is 0 Å². The number of ether oxygens (including phenoxy) is 4. The van der Waals surface area contributed by atoms with E-state index in [0.29, 0.717) is 38.5 Å². The molecule has 1 aliphatic heterocycles. The number of fused-ring (bicyclic) bond motifs is 2. The molecule has 67 heavy (non-hydrogen) atoms. The zero-order valence-corrected chi connectivity index (χ0v) is 39.3. The molecule has 0 saturated carbocycles. The summed E-state index contributed by atoms with van der Waals surface area (Å²) in [5.41, 5.74) is 0.965. The molecule has 1 saturated heterocycles. The first kappa shape index (κ1) is 49.7. The zero-order chi connectivity index (χ0) is 48.8. The fourth-order valence-corrected chi connectivity index (χ4v) is 9.85. The first-order valence-electron chi connectivity index (χ1n) is 21.7. The molecule has 0 spiro atoms. The second kappa shape index (κ2) is 20.4. The molecule has 3 amide bonds. The summed E-state index contributed by atoms with van der Waals surface area (Å²) in [6.07, 6.45) is -1.80. The van der Waals surface area contributed by atoms with Gasteiger partial charge < -0.3 is 40.0 Å². The Morgan fingerprint density at radius 2 is 1.22 bits per heavy atom. The van der Waals surface area contributed by atoms with E-state index in [1.165, 1.54) is 21.5 Å². The van der Waals surface area contributed by atoms with Gasteiger partial charge in [-0.1, -0.05) is 66.7 Å². The molecule has 0 bridgehead atoms. The number of hydrogen-bond donors (Lipinski definition) is 4. The number of benzene rings is 3. The van der Waals surface area contributed by atoms with E-state index in [0.717, 1.165) is 7.11 Å². The van der Waals surface area contributed by atoms with Crippen LogP contribution in [0.2, 0.25) is 0 Å². The van der Waals surface area contributed by atoms with E-state index >= 15 is 0 Å². The van der Waals surface area contributed by atoms with Crippen molar-refractivity contribution in [3.8, 4) is 0 Å². The fourth-order valence-electron chi connectivity index (χ4n) is 7.92. The lowest BCUT2D eigenvalue weighted by Gasteiger charge is -2.35. The summed E-state index contributed by atoms with van der Waals surface area (Å²) in [4.78, 5) is 80.7. The molecule has 1 fully saturated rings. The topological polar surface area (TPSA) is 240 Å². The maximum Gasteiger partial charge on any atom is 0.419 e. The lowest BCUT2D eigenvalue weighted by molar-refractivity contribution is -0.145. The van der Waals surface area contributed by atoms with Gasteiger partial charge in [-0.2, -0.15) is 0 Å². The second-order valence-electron chi connectivity index (χ2n) is 18.5. The number of alkyl carbamates (subject to hydrolysis) is 1. The van der Waals surface area contributed by atoms with Gasteiger partial charge in [-0.05, 0) is 70.4 Å². The van der Waals surface area contributed by atoms with E-state index in [9.17, 15) is 42.3 Å². The van der Waals surface area contributed by atoms with Crippen LogP contribution < -0.4 is 16.0 Å². The molecular formula is C48H57N5O13S. The summed E-state index contributed by atoms with van der Waals surface area (Å²) in [5, 5.41) is 20.6. The van der Waals surface area contributed by atoms with Crippen LogP contribution in [0.4, 0.5) is 14.4 Å². The Balaban J connectivity index is 1.20. The third-order valence-electron chi connectivity index (χ3n) is 10.8. The molecule has 358 valence electrons. The van der Waals surface area contributed by atoms with Crippen LogP contribution in [0.1, 0.15) is 64.7 Å². The van der Waals surface area contributed by atoms with Crippen molar-refractivity contribution in [3.63, 3.8) is 0 Å². The van der Waals surface area contributed by atoms with Crippen LogP contribution >= 0.6 is 0 Å². The van der Waals surface area contributed by atoms with Gasteiger partial charge in [-0.25, -0.2) is 27.6 Å². The Morgan fingerprint density at radius 1 is 0.716 bits per heavy atom. The molecule has 5 aromatic rings. The number of para-hydroxylation sites is 2. The average Bonchev–Trinajstić information content (AvgIpc) is 3.81. The number of amides is 3. The van der Waals surface area contributed by atoms with Crippen molar-refractivity contribution in [1.82, 2.24) is 25.1 Å². The minimum absolute atomic E-state index is 0.127. The van der Waals surface area contributed by atoms with Crippen LogP contribution in [0.25, 0.3) is 21.8 Å². The normalized spacial score (nSPS) is 18.0. The maximum atomic E-state index is 14.3. The molecule has 5 atom stereocenters. The molecule has 3 aromatic carbocycles. The predicted octanol–water partition coefficient (Wildman–Crippen LogP) is 5.18. The van der Waals surface area contributed by atoms with Crippen molar-refractivity contribution in [2.24, 2.45) is 5.92 Å². The number of carbonyl (C=O) groups excluding carboxylic acids is 6. The monoisotopic (exact) mass is 943 g/mol. The van der Waals surface area contributed by atoms with E-state index in [1.807, 2.05) is 0 Å². The number of rotatable bonds is 13. The number of carbonyl (C=O) groups is 6. The number of nitrogens with zero attached hydrogens (tertiary/aromatic N) is 2. The first-order chi connectivity index (χ1) is 31.5. The lowest BCUT2D eigenvalue weighted by Crippen LogP contribution is -2.60. The molecule has 19 heteroatoms. The van der Waals surface area contributed by atoms with Gasteiger partial charge in [0, 0.05) is 48.3 Å². The molecule has 0 aliphatic carbocycles. The number of hydrogen-bond acceptors (Lipinski definition) is 13. The van der Waals surface area contributed by atoms with E-state index in [4.69, 9.17) is 18.9 Å². The third kappa shape index (κ3) is 13.0. The van der Waals surface area contributed by atoms with Crippen LogP contribution in [0.3, 0.4) is 0 Å². The van der Waals surface area contributed by atoms with Gasteiger partial charge in [0.1, 0.15) is 29.9 Å². The highest BCUT2D eigenvalue weighted by atomic mass is 32.2. The molecule has 2 aromatic heterocycles. The highest BCUT2D eigenvalue weighted by Gasteiger charge is 2.42. The Bertz CT molecular complexity index is 2750.